The zero-order valence-electron chi connectivity index (χ0n) is 12.8. The van der Waals surface area contributed by atoms with Gasteiger partial charge in [-0.05, 0) is 29.5 Å². The van der Waals surface area contributed by atoms with E-state index >= 15 is 0 Å². The number of carbonyl (C=O) groups excluding carboxylic acids is 1. The van der Waals surface area contributed by atoms with Crippen LogP contribution in [0.25, 0.3) is 0 Å². The molecule has 1 aromatic carbocycles. The van der Waals surface area contributed by atoms with Crippen LogP contribution in [-0.4, -0.2) is 39.2 Å². The van der Waals surface area contributed by atoms with Crippen LogP contribution >= 0.6 is 0 Å². The smallest absolute Gasteiger partial charge is 0.350 e. The van der Waals surface area contributed by atoms with Gasteiger partial charge in [-0.1, -0.05) is 18.2 Å². The highest BCUT2D eigenvalue weighted by molar-refractivity contribution is 5.85. The van der Waals surface area contributed by atoms with Gasteiger partial charge in [-0.25, -0.2) is 4.79 Å². The molecule has 0 saturated heterocycles. The van der Waals surface area contributed by atoms with Crippen LogP contribution in [0.15, 0.2) is 18.2 Å². The number of benzene rings is 1. The number of hydrogen-bond acceptors (Lipinski definition) is 5. The Balaban J connectivity index is 2.49. The van der Waals surface area contributed by atoms with Gasteiger partial charge >= 0.3 is 23.9 Å². The fraction of sp³-hybridized carbons (Fsp3) is 0.375. The van der Waals surface area contributed by atoms with Crippen molar-refractivity contribution in [1.29, 1.82) is 0 Å². The average molecular weight is 354 g/mol. The Morgan fingerprint density at radius 1 is 1.08 bits per heavy atom. The summed E-state index contributed by atoms with van der Waals surface area (Å²) in [7, 11) is 0. The van der Waals surface area contributed by atoms with Gasteiger partial charge in [0, 0.05) is 4.53 Å². The summed E-state index contributed by atoms with van der Waals surface area (Å²) in [6.07, 6.45) is -1.02. The van der Waals surface area contributed by atoms with E-state index in [1.807, 2.05) is 0 Å². The molecule has 3 atom stereocenters. The first-order chi connectivity index (χ1) is 11.8. The third-order valence-corrected chi connectivity index (χ3v) is 4.42. The van der Waals surface area contributed by atoms with E-state index < -0.39 is 48.1 Å². The monoisotopic (exact) mass is 354 g/mol. The van der Waals surface area contributed by atoms with Crippen LogP contribution < -0.4 is 0 Å². The molecule has 8 nitrogen and oxygen atoms in total. The minimum atomic E-state index is -1.42. The molecule has 0 radical (unpaired) electrons. The fourth-order valence-electron chi connectivity index (χ4n) is 3.21. The number of aliphatic carboxylic acids is 3. The van der Waals surface area contributed by atoms with Crippen molar-refractivity contribution in [2.24, 2.45) is 11.8 Å². The van der Waals surface area contributed by atoms with Crippen molar-refractivity contribution >= 4 is 23.9 Å². The number of carbonyl (C=O) groups is 4. The minimum Gasteiger partial charge on any atom is -0.481 e. The minimum absolute atomic E-state index is 0.0740. The van der Waals surface area contributed by atoms with Crippen LogP contribution in [0.5, 0.6) is 0 Å². The summed E-state index contributed by atoms with van der Waals surface area (Å²) in [5.41, 5.74) is 1.03. The van der Waals surface area contributed by atoms with Gasteiger partial charge in [0.1, 0.15) is 0 Å². The number of halogens is 1. The Morgan fingerprint density at radius 2 is 1.68 bits per heavy atom. The highest BCUT2D eigenvalue weighted by Gasteiger charge is 2.40. The largest absolute Gasteiger partial charge is 0.481 e. The van der Waals surface area contributed by atoms with Crippen LogP contribution in [0.3, 0.4) is 0 Å². The maximum Gasteiger partial charge on any atom is 0.350 e. The van der Waals surface area contributed by atoms with Crippen molar-refractivity contribution in [2.75, 3.05) is 0 Å². The maximum atomic E-state index is 12.0. The third kappa shape index (κ3) is 3.76. The van der Waals surface area contributed by atoms with E-state index in [2.05, 4.69) is 4.94 Å². The molecule has 25 heavy (non-hydrogen) atoms. The quantitative estimate of drug-likeness (QED) is 0.692. The van der Waals surface area contributed by atoms with E-state index in [-0.39, 0.29) is 18.4 Å². The molecule has 0 bridgehead atoms. The summed E-state index contributed by atoms with van der Waals surface area (Å²) in [4.78, 5) is 48.4. The highest BCUT2D eigenvalue weighted by Crippen LogP contribution is 2.36. The number of rotatable bonds is 6. The molecule has 0 fully saturated rings. The Morgan fingerprint density at radius 3 is 2.20 bits per heavy atom. The molecule has 2 rings (SSSR count). The van der Waals surface area contributed by atoms with Crippen molar-refractivity contribution in [2.45, 2.75) is 25.2 Å². The highest BCUT2D eigenvalue weighted by atomic mass is 19.3. The number of carboxylic acids is 3. The lowest BCUT2D eigenvalue weighted by molar-refractivity contribution is -0.185. The molecule has 3 N–H and O–H groups in total. The molecule has 1 aliphatic rings. The zero-order valence-corrected chi connectivity index (χ0v) is 12.8. The average Bonchev–Trinajstić information content (AvgIpc) is 2.57. The summed E-state index contributed by atoms with van der Waals surface area (Å²) in [5.74, 6) is -9.10. The standard InChI is InChI=1S/C16H15FO8/c17-25-13(18)6-12(16(23)24)8-3-1-2-7-4-10(14(19)20)11(15(21)22)5-9(7)8/h1-3,10-12H,4-6H2,(H,19,20)(H,21,22)(H,23,24). The van der Waals surface area contributed by atoms with E-state index in [4.69, 9.17) is 0 Å². The lowest BCUT2D eigenvalue weighted by atomic mass is 9.72. The summed E-state index contributed by atoms with van der Waals surface area (Å²) >= 11 is 0. The van der Waals surface area contributed by atoms with Crippen LogP contribution in [0.2, 0.25) is 0 Å². The summed E-state index contributed by atoms with van der Waals surface area (Å²) in [5, 5.41) is 27.9. The van der Waals surface area contributed by atoms with E-state index in [1.165, 1.54) is 12.1 Å². The van der Waals surface area contributed by atoms with Gasteiger partial charge in [0.05, 0.1) is 24.2 Å². The lowest BCUT2D eigenvalue weighted by Gasteiger charge is -2.30. The molecule has 0 saturated carbocycles. The van der Waals surface area contributed by atoms with Gasteiger partial charge in [0.25, 0.3) is 0 Å². The summed E-state index contributed by atoms with van der Waals surface area (Å²) < 4.78 is 12.0. The second-order valence-corrected chi connectivity index (χ2v) is 5.83. The maximum absolute atomic E-state index is 12.0. The molecule has 134 valence electrons. The van der Waals surface area contributed by atoms with Gasteiger partial charge in [-0.3, -0.25) is 19.3 Å². The number of fused-ring (bicyclic) bond motifs is 1. The lowest BCUT2D eigenvalue weighted by Crippen LogP contribution is -2.37. The van der Waals surface area contributed by atoms with Gasteiger partial charge in [0.2, 0.25) is 0 Å². The molecule has 0 spiro atoms. The first-order valence-corrected chi connectivity index (χ1v) is 7.36. The predicted molar refractivity (Wildman–Crippen MR) is 78.3 cm³/mol. The van der Waals surface area contributed by atoms with Gasteiger partial charge < -0.3 is 15.3 Å². The Kier molecular flexibility index (Phi) is 5.35. The van der Waals surface area contributed by atoms with Gasteiger partial charge in [0.15, 0.2) is 0 Å². The molecule has 0 heterocycles. The first-order valence-electron chi connectivity index (χ1n) is 7.36. The topological polar surface area (TPSA) is 138 Å². The van der Waals surface area contributed by atoms with E-state index in [0.29, 0.717) is 11.1 Å². The zero-order chi connectivity index (χ0) is 18.7. The van der Waals surface area contributed by atoms with Crippen LogP contribution in [-0.2, 0) is 37.0 Å². The van der Waals surface area contributed by atoms with Gasteiger partial charge in [-0.2, -0.15) is 0 Å². The fourth-order valence-corrected chi connectivity index (χ4v) is 3.21. The van der Waals surface area contributed by atoms with E-state index in [9.17, 15) is 39.0 Å². The molecule has 3 unspecified atom stereocenters. The normalized spacial score (nSPS) is 20.2. The molecule has 0 aromatic heterocycles. The summed E-state index contributed by atoms with van der Waals surface area (Å²) in [6.45, 7) is 0. The van der Waals surface area contributed by atoms with Crippen molar-refractivity contribution in [1.82, 2.24) is 0 Å². The SMILES string of the molecule is O=C(CC(C(=O)O)c1cccc2c1CC(C(=O)O)C(C(=O)O)C2)OF. The van der Waals surface area contributed by atoms with Crippen molar-refractivity contribution < 1.29 is 44.0 Å². The molecular weight excluding hydrogens is 339 g/mol. The van der Waals surface area contributed by atoms with Crippen LogP contribution in [0, 0.1) is 11.8 Å². The predicted octanol–water partition coefficient (Wildman–Crippen LogP) is 1.17. The third-order valence-electron chi connectivity index (χ3n) is 4.42. The number of carboxylic acid groups (broad SMARTS) is 3. The second kappa shape index (κ2) is 7.29. The molecule has 0 aliphatic heterocycles. The summed E-state index contributed by atoms with van der Waals surface area (Å²) in [6, 6.07) is 4.48. The molecule has 9 heteroatoms. The molecule has 1 aliphatic carbocycles. The van der Waals surface area contributed by atoms with Gasteiger partial charge in [-0.15, -0.1) is 0 Å². The number of hydrogen-bond donors (Lipinski definition) is 3. The molecule has 0 amide bonds. The van der Waals surface area contributed by atoms with E-state index in [0.717, 1.165) is 0 Å². The first kappa shape index (κ1) is 18.4. The molecular formula is C16H15FO8. The van der Waals surface area contributed by atoms with Crippen LogP contribution in [0.1, 0.15) is 29.0 Å². The van der Waals surface area contributed by atoms with Crippen molar-refractivity contribution in [3.63, 3.8) is 0 Å². The second-order valence-electron chi connectivity index (χ2n) is 5.83. The van der Waals surface area contributed by atoms with E-state index in [1.54, 1.807) is 6.07 Å². The van der Waals surface area contributed by atoms with Crippen molar-refractivity contribution in [3.05, 3.63) is 34.9 Å². The molecule has 1 aromatic rings. The van der Waals surface area contributed by atoms with Crippen molar-refractivity contribution in [3.8, 4) is 0 Å². The Bertz CT molecular complexity index is 729. The van der Waals surface area contributed by atoms with Crippen LogP contribution in [0.4, 0.5) is 4.53 Å². The Hall–Kier alpha value is -2.97. The Labute approximate surface area is 140 Å².